The van der Waals surface area contributed by atoms with Gasteiger partial charge in [-0.1, -0.05) is 6.92 Å². The fourth-order valence-electron chi connectivity index (χ4n) is 2.17. The highest BCUT2D eigenvalue weighted by Crippen LogP contribution is 2.24. The summed E-state index contributed by atoms with van der Waals surface area (Å²) >= 11 is 0. The number of aryl methyl sites for hydroxylation is 2. The molecule has 0 aromatic carbocycles. The van der Waals surface area contributed by atoms with Gasteiger partial charge in [0.2, 0.25) is 0 Å². The molecule has 108 valence electrons. The summed E-state index contributed by atoms with van der Waals surface area (Å²) in [5, 5.41) is 6.63. The summed E-state index contributed by atoms with van der Waals surface area (Å²) in [6.45, 7) is 9.07. The maximum Gasteiger partial charge on any atom is 0.131 e. The second kappa shape index (κ2) is 6.41. The molecule has 0 saturated heterocycles. The van der Waals surface area contributed by atoms with E-state index in [0.29, 0.717) is 0 Å². The van der Waals surface area contributed by atoms with Crippen molar-refractivity contribution in [2.24, 2.45) is 0 Å². The van der Waals surface area contributed by atoms with Crippen molar-refractivity contribution in [1.82, 2.24) is 9.97 Å². The lowest BCUT2D eigenvalue weighted by Gasteiger charge is -2.14. The third-order valence-electron chi connectivity index (χ3n) is 3.13. The molecule has 5 nitrogen and oxygen atoms in total. The minimum Gasteiger partial charge on any atom is -0.466 e. The molecule has 5 heteroatoms. The Morgan fingerprint density at radius 1 is 1.20 bits per heavy atom. The van der Waals surface area contributed by atoms with E-state index >= 15 is 0 Å². The van der Waals surface area contributed by atoms with Gasteiger partial charge in [0, 0.05) is 18.2 Å². The Bertz CT molecular complexity index is 565. The lowest BCUT2D eigenvalue weighted by atomic mass is 10.1. The Hall–Kier alpha value is -2.04. The zero-order chi connectivity index (χ0) is 14.5. The van der Waals surface area contributed by atoms with Crippen LogP contribution in [0.4, 0.5) is 11.6 Å². The molecular weight excluding hydrogens is 252 g/mol. The number of nitrogens with zero attached hydrogens (tertiary/aromatic N) is 2. The summed E-state index contributed by atoms with van der Waals surface area (Å²) in [4.78, 5) is 8.45. The van der Waals surface area contributed by atoms with Crippen LogP contribution < -0.4 is 10.6 Å². The zero-order valence-electron chi connectivity index (χ0n) is 12.5. The third kappa shape index (κ3) is 3.50. The van der Waals surface area contributed by atoms with Crippen LogP contribution in [0.1, 0.15) is 43.4 Å². The number of nitrogens with one attached hydrogen (secondary N) is 2. The highest BCUT2D eigenvalue weighted by atomic mass is 16.3. The first-order valence-electron chi connectivity index (χ1n) is 6.99. The molecule has 2 aromatic heterocycles. The Kier molecular flexibility index (Phi) is 4.61. The lowest BCUT2D eigenvalue weighted by Crippen LogP contribution is -2.09. The average molecular weight is 274 g/mol. The van der Waals surface area contributed by atoms with E-state index in [1.54, 1.807) is 6.33 Å². The molecule has 0 amide bonds. The molecule has 0 radical (unpaired) electrons. The molecule has 0 aliphatic heterocycles. The Labute approximate surface area is 119 Å². The van der Waals surface area contributed by atoms with Crippen molar-refractivity contribution >= 4 is 11.6 Å². The van der Waals surface area contributed by atoms with Crippen molar-refractivity contribution in [2.45, 2.75) is 40.2 Å². The van der Waals surface area contributed by atoms with Gasteiger partial charge in [0.05, 0.1) is 6.04 Å². The van der Waals surface area contributed by atoms with E-state index in [1.165, 1.54) is 0 Å². The van der Waals surface area contributed by atoms with Crippen molar-refractivity contribution in [3.63, 3.8) is 0 Å². The first-order valence-corrected chi connectivity index (χ1v) is 6.99. The molecule has 0 bridgehead atoms. The van der Waals surface area contributed by atoms with Crippen molar-refractivity contribution < 1.29 is 4.42 Å². The molecule has 2 rings (SSSR count). The smallest absolute Gasteiger partial charge is 0.131 e. The van der Waals surface area contributed by atoms with E-state index in [9.17, 15) is 0 Å². The molecule has 0 spiro atoms. The highest BCUT2D eigenvalue weighted by molar-refractivity contribution is 5.48. The van der Waals surface area contributed by atoms with E-state index in [-0.39, 0.29) is 6.04 Å². The topological polar surface area (TPSA) is 63.0 Å². The van der Waals surface area contributed by atoms with Crippen LogP contribution >= 0.6 is 0 Å². The van der Waals surface area contributed by atoms with Gasteiger partial charge in [-0.05, 0) is 33.3 Å². The normalized spacial score (nSPS) is 12.2. The zero-order valence-corrected chi connectivity index (χ0v) is 12.5. The summed E-state index contributed by atoms with van der Waals surface area (Å²) in [6, 6.07) is 4.13. The van der Waals surface area contributed by atoms with Crippen LogP contribution in [-0.2, 0) is 0 Å². The first-order chi connectivity index (χ1) is 9.60. The quantitative estimate of drug-likeness (QED) is 0.841. The summed E-state index contributed by atoms with van der Waals surface area (Å²) in [6.07, 6.45) is 2.64. The van der Waals surface area contributed by atoms with E-state index < -0.39 is 0 Å². The fourth-order valence-corrected chi connectivity index (χ4v) is 2.17. The van der Waals surface area contributed by atoms with Gasteiger partial charge in [0.15, 0.2) is 0 Å². The molecule has 0 aliphatic rings. The van der Waals surface area contributed by atoms with Gasteiger partial charge in [0.25, 0.3) is 0 Å². The van der Waals surface area contributed by atoms with Crippen LogP contribution in [0.2, 0.25) is 0 Å². The number of anilines is 2. The Morgan fingerprint density at radius 3 is 2.60 bits per heavy atom. The fraction of sp³-hybridized carbons (Fsp3) is 0.467. The summed E-state index contributed by atoms with van der Waals surface area (Å²) in [5.41, 5.74) is 1.16. The largest absolute Gasteiger partial charge is 0.466 e. The predicted octanol–water partition coefficient (Wildman–Crippen LogP) is 3.68. The summed E-state index contributed by atoms with van der Waals surface area (Å²) < 4.78 is 5.57. The van der Waals surface area contributed by atoms with Crippen LogP contribution in [0, 0.1) is 13.8 Å². The highest BCUT2D eigenvalue weighted by Gasteiger charge is 2.13. The Balaban J connectivity index is 2.07. The van der Waals surface area contributed by atoms with Gasteiger partial charge in [-0.2, -0.15) is 0 Å². The van der Waals surface area contributed by atoms with Crippen molar-refractivity contribution in [3.05, 3.63) is 35.5 Å². The van der Waals surface area contributed by atoms with Gasteiger partial charge in [0.1, 0.15) is 29.5 Å². The molecule has 1 unspecified atom stereocenters. The molecule has 20 heavy (non-hydrogen) atoms. The maximum atomic E-state index is 5.57. The minimum atomic E-state index is 0.140. The first kappa shape index (κ1) is 14.4. The third-order valence-corrected chi connectivity index (χ3v) is 3.13. The summed E-state index contributed by atoms with van der Waals surface area (Å²) in [7, 11) is 0. The van der Waals surface area contributed by atoms with Crippen LogP contribution in [-0.4, -0.2) is 16.5 Å². The standard InChI is InChI=1S/C15H22N4O/c1-5-6-16-14-8-15(18-9-17-14)19-11(3)13-7-10(2)20-12(13)4/h7-9,11H,5-6H2,1-4H3,(H2,16,17,18,19). The van der Waals surface area contributed by atoms with Crippen molar-refractivity contribution in [3.8, 4) is 0 Å². The maximum absolute atomic E-state index is 5.57. The van der Waals surface area contributed by atoms with E-state index in [1.807, 2.05) is 19.9 Å². The van der Waals surface area contributed by atoms with Crippen LogP contribution in [0.25, 0.3) is 0 Å². The van der Waals surface area contributed by atoms with Crippen molar-refractivity contribution in [2.75, 3.05) is 17.2 Å². The van der Waals surface area contributed by atoms with Crippen LogP contribution in [0.5, 0.6) is 0 Å². The lowest BCUT2D eigenvalue weighted by molar-refractivity contribution is 0.500. The number of furan rings is 1. The van der Waals surface area contributed by atoms with E-state index in [4.69, 9.17) is 4.42 Å². The average Bonchev–Trinajstić information content (AvgIpc) is 2.76. The predicted molar refractivity (Wildman–Crippen MR) is 81.0 cm³/mol. The molecule has 2 aromatic rings. The number of aromatic nitrogens is 2. The molecule has 2 N–H and O–H groups in total. The number of hydrogen-bond donors (Lipinski definition) is 2. The molecule has 0 fully saturated rings. The van der Waals surface area contributed by atoms with Gasteiger partial charge < -0.3 is 15.1 Å². The minimum absolute atomic E-state index is 0.140. The second-order valence-electron chi connectivity index (χ2n) is 4.95. The molecule has 1 atom stereocenters. The van der Waals surface area contributed by atoms with E-state index in [2.05, 4.69) is 40.5 Å². The monoisotopic (exact) mass is 274 g/mol. The molecular formula is C15H22N4O. The van der Waals surface area contributed by atoms with Gasteiger partial charge in [-0.25, -0.2) is 9.97 Å². The second-order valence-corrected chi connectivity index (χ2v) is 4.95. The molecule has 0 aliphatic carbocycles. The molecule has 0 saturated carbocycles. The summed E-state index contributed by atoms with van der Waals surface area (Å²) in [5.74, 6) is 3.53. The SMILES string of the molecule is CCCNc1cc(NC(C)c2cc(C)oc2C)ncn1. The van der Waals surface area contributed by atoms with Crippen molar-refractivity contribution in [1.29, 1.82) is 0 Å². The van der Waals surface area contributed by atoms with Gasteiger partial charge >= 0.3 is 0 Å². The van der Waals surface area contributed by atoms with Crippen LogP contribution in [0.3, 0.4) is 0 Å². The van der Waals surface area contributed by atoms with Crippen LogP contribution in [0.15, 0.2) is 22.9 Å². The van der Waals surface area contributed by atoms with E-state index in [0.717, 1.165) is 41.7 Å². The molecule has 2 heterocycles. The Morgan fingerprint density at radius 2 is 1.95 bits per heavy atom. The number of rotatable bonds is 6. The number of hydrogen-bond acceptors (Lipinski definition) is 5. The van der Waals surface area contributed by atoms with Gasteiger partial charge in [-0.15, -0.1) is 0 Å². The van der Waals surface area contributed by atoms with Gasteiger partial charge in [-0.3, -0.25) is 0 Å².